The van der Waals surface area contributed by atoms with Gasteiger partial charge in [0.15, 0.2) is 6.10 Å². The van der Waals surface area contributed by atoms with Gasteiger partial charge >= 0.3 is 5.97 Å². The molecule has 6 nitrogen and oxygen atoms in total. The first-order chi connectivity index (χ1) is 9.88. The quantitative estimate of drug-likeness (QED) is 0.882. The van der Waals surface area contributed by atoms with Gasteiger partial charge in [-0.15, -0.1) is 0 Å². The van der Waals surface area contributed by atoms with Gasteiger partial charge in [-0.25, -0.2) is 4.79 Å². The number of anilines is 2. The standard InChI is InChI=1S/C15H20N2O4/c1-9-4-5-10(8-11(9)17(2)3)16-14(18)12-6-7-13(21-12)15(19)20/h4-5,8,12-13H,6-7H2,1-3H3,(H,16,18)(H,19,20)/t12-,13+/m0/s1. The number of rotatable bonds is 4. The van der Waals surface area contributed by atoms with Gasteiger partial charge in [0, 0.05) is 25.5 Å². The summed E-state index contributed by atoms with van der Waals surface area (Å²) in [5.41, 5.74) is 2.81. The Morgan fingerprint density at radius 2 is 1.95 bits per heavy atom. The van der Waals surface area contributed by atoms with E-state index in [4.69, 9.17) is 9.84 Å². The zero-order valence-corrected chi connectivity index (χ0v) is 12.4. The van der Waals surface area contributed by atoms with Crippen molar-refractivity contribution in [3.63, 3.8) is 0 Å². The average molecular weight is 292 g/mol. The molecular formula is C15H20N2O4. The summed E-state index contributed by atoms with van der Waals surface area (Å²) in [4.78, 5) is 24.9. The molecule has 0 bridgehead atoms. The van der Waals surface area contributed by atoms with E-state index in [2.05, 4.69) is 5.32 Å². The molecule has 0 aliphatic carbocycles. The molecule has 114 valence electrons. The van der Waals surface area contributed by atoms with Gasteiger partial charge in [0.25, 0.3) is 5.91 Å². The predicted octanol–water partition coefficient (Wildman–Crippen LogP) is 1.63. The molecule has 21 heavy (non-hydrogen) atoms. The molecule has 0 radical (unpaired) electrons. The molecule has 1 aliphatic rings. The molecule has 0 saturated carbocycles. The second-order valence-electron chi connectivity index (χ2n) is 5.41. The van der Waals surface area contributed by atoms with Gasteiger partial charge in [-0.2, -0.15) is 0 Å². The van der Waals surface area contributed by atoms with E-state index in [0.717, 1.165) is 11.3 Å². The summed E-state index contributed by atoms with van der Waals surface area (Å²) >= 11 is 0. The molecule has 0 spiro atoms. The fourth-order valence-electron chi connectivity index (χ4n) is 2.40. The van der Waals surface area contributed by atoms with Crippen LogP contribution in [0.3, 0.4) is 0 Å². The lowest BCUT2D eigenvalue weighted by atomic mass is 10.1. The van der Waals surface area contributed by atoms with E-state index < -0.39 is 18.2 Å². The smallest absolute Gasteiger partial charge is 0.332 e. The minimum Gasteiger partial charge on any atom is -0.479 e. The van der Waals surface area contributed by atoms with Crippen LogP contribution in [0.25, 0.3) is 0 Å². The topological polar surface area (TPSA) is 78.9 Å². The number of hydrogen-bond donors (Lipinski definition) is 2. The normalized spacial score (nSPS) is 21.1. The first kappa shape index (κ1) is 15.3. The highest BCUT2D eigenvalue weighted by Gasteiger charge is 2.34. The van der Waals surface area contributed by atoms with Crippen molar-refractivity contribution in [3.8, 4) is 0 Å². The zero-order valence-electron chi connectivity index (χ0n) is 12.4. The molecule has 6 heteroatoms. The van der Waals surface area contributed by atoms with Crippen LogP contribution in [0.4, 0.5) is 11.4 Å². The maximum atomic E-state index is 12.1. The number of carboxylic acids is 1. The molecule has 1 heterocycles. The summed E-state index contributed by atoms with van der Waals surface area (Å²) in [7, 11) is 3.87. The van der Waals surface area contributed by atoms with Crippen LogP contribution in [0.2, 0.25) is 0 Å². The highest BCUT2D eigenvalue weighted by Crippen LogP contribution is 2.25. The summed E-state index contributed by atoms with van der Waals surface area (Å²) in [6.45, 7) is 2.00. The lowest BCUT2D eigenvalue weighted by Gasteiger charge is -2.18. The van der Waals surface area contributed by atoms with Crippen molar-refractivity contribution in [1.29, 1.82) is 0 Å². The van der Waals surface area contributed by atoms with Gasteiger partial charge in [-0.05, 0) is 37.5 Å². The van der Waals surface area contributed by atoms with Crippen molar-refractivity contribution in [2.45, 2.75) is 32.0 Å². The van der Waals surface area contributed by atoms with Crippen molar-refractivity contribution >= 4 is 23.3 Å². The fraction of sp³-hybridized carbons (Fsp3) is 0.467. The van der Waals surface area contributed by atoms with Crippen molar-refractivity contribution in [2.75, 3.05) is 24.3 Å². The highest BCUT2D eigenvalue weighted by molar-refractivity contribution is 5.95. The Balaban J connectivity index is 2.03. The van der Waals surface area contributed by atoms with Crippen LogP contribution in [-0.4, -0.2) is 43.3 Å². The molecule has 1 aromatic rings. The number of amides is 1. The lowest BCUT2D eigenvalue weighted by molar-refractivity contribution is -0.150. The van der Waals surface area contributed by atoms with Crippen LogP contribution in [0.5, 0.6) is 0 Å². The Labute approximate surface area is 123 Å². The van der Waals surface area contributed by atoms with Gasteiger partial charge in [-0.3, -0.25) is 4.79 Å². The number of carboxylic acid groups (broad SMARTS) is 1. The van der Waals surface area contributed by atoms with Crippen LogP contribution in [0.1, 0.15) is 18.4 Å². The Bertz CT molecular complexity index is 557. The maximum Gasteiger partial charge on any atom is 0.332 e. The lowest BCUT2D eigenvalue weighted by Crippen LogP contribution is -2.30. The van der Waals surface area contributed by atoms with E-state index in [1.54, 1.807) is 0 Å². The van der Waals surface area contributed by atoms with E-state index in [1.807, 2.05) is 44.1 Å². The van der Waals surface area contributed by atoms with Crippen molar-refractivity contribution in [1.82, 2.24) is 0 Å². The molecule has 2 rings (SSSR count). The third-order valence-electron chi connectivity index (χ3n) is 3.55. The van der Waals surface area contributed by atoms with Gasteiger partial charge in [0.2, 0.25) is 0 Å². The largest absolute Gasteiger partial charge is 0.479 e. The Morgan fingerprint density at radius 1 is 1.29 bits per heavy atom. The SMILES string of the molecule is Cc1ccc(NC(=O)[C@@H]2CC[C@H](C(=O)O)O2)cc1N(C)C. The number of nitrogens with one attached hydrogen (secondary N) is 1. The number of benzene rings is 1. The number of aryl methyl sites for hydroxylation is 1. The summed E-state index contributed by atoms with van der Waals surface area (Å²) < 4.78 is 5.24. The molecule has 1 aliphatic heterocycles. The third kappa shape index (κ3) is 3.52. The highest BCUT2D eigenvalue weighted by atomic mass is 16.5. The molecule has 1 fully saturated rings. The van der Waals surface area contributed by atoms with E-state index in [0.29, 0.717) is 18.5 Å². The minimum absolute atomic E-state index is 0.299. The summed E-state index contributed by atoms with van der Waals surface area (Å²) in [5.74, 6) is -1.32. The number of hydrogen-bond acceptors (Lipinski definition) is 4. The van der Waals surface area contributed by atoms with Crippen LogP contribution >= 0.6 is 0 Å². The number of carbonyl (C=O) groups excluding carboxylic acids is 1. The minimum atomic E-state index is -1.02. The maximum absolute atomic E-state index is 12.1. The second-order valence-corrected chi connectivity index (χ2v) is 5.41. The van der Waals surface area contributed by atoms with Gasteiger partial charge < -0.3 is 20.1 Å². The monoisotopic (exact) mass is 292 g/mol. The third-order valence-corrected chi connectivity index (χ3v) is 3.55. The van der Waals surface area contributed by atoms with E-state index in [-0.39, 0.29) is 5.91 Å². The molecule has 1 aromatic carbocycles. The summed E-state index contributed by atoms with van der Waals surface area (Å²) in [6.07, 6.45) is -0.786. The average Bonchev–Trinajstić information content (AvgIpc) is 2.90. The van der Waals surface area contributed by atoms with Crippen LogP contribution < -0.4 is 10.2 Å². The molecular weight excluding hydrogens is 272 g/mol. The second kappa shape index (κ2) is 6.13. The first-order valence-electron chi connectivity index (χ1n) is 6.85. The van der Waals surface area contributed by atoms with Crippen molar-refractivity contribution in [2.24, 2.45) is 0 Å². The molecule has 0 aromatic heterocycles. The predicted molar refractivity (Wildman–Crippen MR) is 79.7 cm³/mol. The Kier molecular flexibility index (Phi) is 4.47. The van der Waals surface area contributed by atoms with Gasteiger partial charge in [0.05, 0.1) is 0 Å². The number of carbonyl (C=O) groups is 2. The molecule has 2 N–H and O–H groups in total. The molecule has 1 saturated heterocycles. The Morgan fingerprint density at radius 3 is 2.52 bits per heavy atom. The van der Waals surface area contributed by atoms with Crippen LogP contribution in [0.15, 0.2) is 18.2 Å². The van der Waals surface area contributed by atoms with Crippen molar-refractivity contribution < 1.29 is 19.4 Å². The van der Waals surface area contributed by atoms with E-state index in [1.165, 1.54) is 0 Å². The van der Waals surface area contributed by atoms with Crippen molar-refractivity contribution in [3.05, 3.63) is 23.8 Å². The van der Waals surface area contributed by atoms with Gasteiger partial charge in [0.1, 0.15) is 6.10 Å². The molecule has 2 atom stereocenters. The number of ether oxygens (including phenoxy) is 1. The van der Waals surface area contributed by atoms with E-state index in [9.17, 15) is 9.59 Å². The van der Waals surface area contributed by atoms with E-state index >= 15 is 0 Å². The van der Waals surface area contributed by atoms with Crippen LogP contribution in [-0.2, 0) is 14.3 Å². The zero-order chi connectivity index (χ0) is 15.6. The Hall–Kier alpha value is -2.08. The number of aliphatic carboxylic acids is 1. The molecule has 1 amide bonds. The summed E-state index contributed by atoms with van der Waals surface area (Å²) in [6, 6.07) is 5.64. The first-order valence-corrected chi connectivity index (χ1v) is 6.85. The molecule has 0 unspecified atom stereocenters. The number of nitrogens with zero attached hydrogens (tertiary/aromatic N) is 1. The van der Waals surface area contributed by atoms with Crippen LogP contribution in [0, 0.1) is 6.92 Å². The summed E-state index contributed by atoms with van der Waals surface area (Å²) in [5, 5.41) is 11.7. The van der Waals surface area contributed by atoms with Gasteiger partial charge in [-0.1, -0.05) is 6.07 Å². The fourth-order valence-corrected chi connectivity index (χ4v) is 2.40.